The van der Waals surface area contributed by atoms with E-state index in [1.165, 1.54) is 0 Å². The molecule has 6 heteroatoms. The second-order valence-electron chi connectivity index (χ2n) is 7.05. The minimum absolute atomic E-state index is 0.00763. The molecule has 0 aromatic heterocycles. The van der Waals surface area contributed by atoms with E-state index in [0.29, 0.717) is 18.0 Å². The SMILES string of the molecule is COc1ccccc1NC(=O)[C@H](C)N1CCC[C@H](C(=O)Nc2ccccc2)C1. The van der Waals surface area contributed by atoms with Crippen molar-refractivity contribution in [1.29, 1.82) is 0 Å². The van der Waals surface area contributed by atoms with E-state index in [1.54, 1.807) is 7.11 Å². The number of para-hydroxylation sites is 3. The number of methoxy groups -OCH3 is 1. The topological polar surface area (TPSA) is 70.7 Å². The summed E-state index contributed by atoms with van der Waals surface area (Å²) in [4.78, 5) is 27.4. The van der Waals surface area contributed by atoms with Gasteiger partial charge in [0.15, 0.2) is 0 Å². The fourth-order valence-electron chi connectivity index (χ4n) is 3.49. The number of hydrogen-bond acceptors (Lipinski definition) is 4. The first-order valence-corrected chi connectivity index (χ1v) is 9.62. The number of amides is 2. The van der Waals surface area contributed by atoms with Gasteiger partial charge >= 0.3 is 0 Å². The van der Waals surface area contributed by atoms with Crippen LogP contribution in [0.4, 0.5) is 11.4 Å². The molecule has 2 amide bonds. The highest BCUT2D eigenvalue weighted by Gasteiger charge is 2.31. The van der Waals surface area contributed by atoms with Gasteiger partial charge in [-0.25, -0.2) is 0 Å². The summed E-state index contributed by atoms with van der Waals surface area (Å²) < 4.78 is 5.30. The van der Waals surface area contributed by atoms with E-state index in [4.69, 9.17) is 4.74 Å². The van der Waals surface area contributed by atoms with Gasteiger partial charge in [-0.1, -0.05) is 30.3 Å². The zero-order chi connectivity index (χ0) is 19.9. The summed E-state index contributed by atoms with van der Waals surface area (Å²) in [7, 11) is 1.58. The Labute approximate surface area is 165 Å². The minimum Gasteiger partial charge on any atom is -0.495 e. The van der Waals surface area contributed by atoms with E-state index in [0.717, 1.165) is 25.1 Å². The minimum atomic E-state index is -0.336. The molecule has 1 heterocycles. The Morgan fingerprint density at radius 2 is 1.79 bits per heavy atom. The average Bonchev–Trinajstić information content (AvgIpc) is 2.74. The molecule has 2 atom stereocenters. The molecule has 2 N–H and O–H groups in total. The van der Waals surface area contributed by atoms with Crippen LogP contribution >= 0.6 is 0 Å². The number of likely N-dealkylation sites (tertiary alicyclic amines) is 1. The average molecular weight is 381 g/mol. The molecule has 1 fully saturated rings. The molecular weight excluding hydrogens is 354 g/mol. The molecule has 148 valence electrons. The van der Waals surface area contributed by atoms with Crippen molar-refractivity contribution in [2.75, 3.05) is 30.8 Å². The Kier molecular flexibility index (Phi) is 6.66. The van der Waals surface area contributed by atoms with Crippen LogP contribution in [0.2, 0.25) is 0 Å². The lowest BCUT2D eigenvalue weighted by molar-refractivity contribution is -0.125. The van der Waals surface area contributed by atoms with Crippen LogP contribution in [0.3, 0.4) is 0 Å². The van der Waals surface area contributed by atoms with Crippen molar-refractivity contribution in [2.24, 2.45) is 5.92 Å². The highest BCUT2D eigenvalue weighted by molar-refractivity contribution is 5.96. The fraction of sp³-hybridized carbons (Fsp3) is 0.364. The number of benzene rings is 2. The maximum Gasteiger partial charge on any atom is 0.241 e. The zero-order valence-corrected chi connectivity index (χ0v) is 16.4. The summed E-state index contributed by atoms with van der Waals surface area (Å²) in [5, 5.41) is 5.91. The largest absolute Gasteiger partial charge is 0.495 e. The van der Waals surface area contributed by atoms with Crippen LogP contribution in [-0.2, 0) is 9.59 Å². The van der Waals surface area contributed by atoms with E-state index in [-0.39, 0.29) is 23.8 Å². The fourth-order valence-corrected chi connectivity index (χ4v) is 3.49. The van der Waals surface area contributed by atoms with Crippen LogP contribution in [0.25, 0.3) is 0 Å². The van der Waals surface area contributed by atoms with E-state index in [9.17, 15) is 9.59 Å². The van der Waals surface area contributed by atoms with Crippen LogP contribution in [0.15, 0.2) is 54.6 Å². The molecule has 0 bridgehead atoms. The second kappa shape index (κ2) is 9.37. The number of ether oxygens (including phenoxy) is 1. The summed E-state index contributed by atoms with van der Waals surface area (Å²) in [5.74, 6) is 0.402. The van der Waals surface area contributed by atoms with Gasteiger partial charge in [0.2, 0.25) is 11.8 Å². The third-order valence-corrected chi connectivity index (χ3v) is 5.16. The summed E-state index contributed by atoms with van der Waals surface area (Å²) in [6.07, 6.45) is 1.72. The first kappa shape index (κ1) is 19.9. The van der Waals surface area contributed by atoms with E-state index in [2.05, 4.69) is 15.5 Å². The lowest BCUT2D eigenvalue weighted by Gasteiger charge is -2.35. The predicted molar refractivity (Wildman–Crippen MR) is 110 cm³/mol. The van der Waals surface area contributed by atoms with Crippen molar-refractivity contribution in [2.45, 2.75) is 25.8 Å². The first-order valence-electron chi connectivity index (χ1n) is 9.62. The quantitative estimate of drug-likeness (QED) is 0.805. The van der Waals surface area contributed by atoms with Gasteiger partial charge < -0.3 is 15.4 Å². The van der Waals surface area contributed by atoms with Gasteiger partial charge in [-0.2, -0.15) is 0 Å². The van der Waals surface area contributed by atoms with Gasteiger partial charge in [0.25, 0.3) is 0 Å². The van der Waals surface area contributed by atoms with Crippen molar-refractivity contribution >= 4 is 23.2 Å². The van der Waals surface area contributed by atoms with Gasteiger partial charge in [-0.15, -0.1) is 0 Å². The van der Waals surface area contributed by atoms with Gasteiger partial charge in [0.1, 0.15) is 5.75 Å². The summed E-state index contributed by atoms with van der Waals surface area (Å²) >= 11 is 0. The van der Waals surface area contributed by atoms with Crippen LogP contribution in [0.5, 0.6) is 5.75 Å². The number of carbonyl (C=O) groups is 2. The lowest BCUT2D eigenvalue weighted by Crippen LogP contribution is -2.49. The number of carbonyl (C=O) groups excluding carboxylic acids is 2. The smallest absolute Gasteiger partial charge is 0.241 e. The van der Waals surface area contributed by atoms with Crippen molar-refractivity contribution < 1.29 is 14.3 Å². The number of rotatable bonds is 6. The molecule has 1 aliphatic rings. The normalized spacial score (nSPS) is 18.1. The molecule has 2 aromatic rings. The molecule has 0 spiro atoms. The van der Waals surface area contributed by atoms with E-state index < -0.39 is 0 Å². The Morgan fingerprint density at radius 3 is 2.54 bits per heavy atom. The Balaban J connectivity index is 1.59. The second-order valence-corrected chi connectivity index (χ2v) is 7.05. The third-order valence-electron chi connectivity index (χ3n) is 5.16. The molecule has 1 saturated heterocycles. The van der Waals surface area contributed by atoms with Gasteiger partial charge in [-0.3, -0.25) is 14.5 Å². The standard InChI is InChI=1S/C22H27N3O3/c1-16(21(26)24-19-12-6-7-13-20(19)28-2)25-14-8-9-17(15-25)22(27)23-18-10-4-3-5-11-18/h3-7,10-13,16-17H,8-9,14-15H2,1-2H3,(H,23,27)(H,24,26)/t16-,17-/m0/s1. The Hall–Kier alpha value is -2.86. The van der Waals surface area contributed by atoms with E-state index in [1.807, 2.05) is 61.5 Å². The molecule has 3 rings (SSSR count). The van der Waals surface area contributed by atoms with Gasteiger partial charge in [0.05, 0.1) is 24.8 Å². The monoisotopic (exact) mass is 381 g/mol. The molecule has 1 aliphatic heterocycles. The molecule has 6 nitrogen and oxygen atoms in total. The highest BCUT2D eigenvalue weighted by Crippen LogP contribution is 2.25. The predicted octanol–water partition coefficient (Wildman–Crippen LogP) is 3.37. The maximum atomic E-state index is 12.7. The van der Waals surface area contributed by atoms with Crippen molar-refractivity contribution in [1.82, 2.24) is 4.90 Å². The molecule has 0 unspecified atom stereocenters. The number of hydrogen-bond donors (Lipinski definition) is 2. The van der Waals surface area contributed by atoms with Crippen molar-refractivity contribution in [3.63, 3.8) is 0 Å². The Morgan fingerprint density at radius 1 is 1.07 bits per heavy atom. The van der Waals surface area contributed by atoms with Crippen LogP contribution in [0.1, 0.15) is 19.8 Å². The number of nitrogens with zero attached hydrogens (tertiary/aromatic N) is 1. The number of anilines is 2. The lowest BCUT2D eigenvalue weighted by atomic mass is 9.95. The number of piperidine rings is 1. The summed E-state index contributed by atoms with van der Waals surface area (Å²) in [5.41, 5.74) is 1.45. The van der Waals surface area contributed by atoms with E-state index >= 15 is 0 Å². The van der Waals surface area contributed by atoms with Crippen LogP contribution in [0, 0.1) is 5.92 Å². The summed E-state index contributed by atoms with van der Waals surface area (Å²) in [6, 6.07) is 16.5. The summed E-state index contributed by atoms with van der Waals surface area (Å²) in [6.45, 7) is 3.25. The number of nitrogens with one attached hydrogen (secondary N) is 2. The van der Waals surface area contributed by atoms with Gasteiger partial charge in [0, 0.05) is 12.2 Å². The Bertz CT molecular complexity index is 810. The zero-order valence-electron chi connectivity index (χ0n) is 16.4. The molecule has 0 aliphatic carbocycles. The van der Waals surface area contributed by atoms with Crippen LogP contribution in [-0.4, -0.2) is 43.0 Å². The third kappa shape index (κ3) is 4.89. The molecule has 0 radical (unpaired) electrons. The highest BCUT2D eigenvalue weighted by atomic mass is 16.5. The van der Waals surface area contributed by atoms with Gasteiger partial charge in [-0.05, 0) is 50.6 Å². The first-order chi connectivity index (χ1) is 13.6. The van der Waals surface area contributed by atoms with Crippen molar-refractivity contribution in [3.05, 3.63) is 54.6 Å². The molecule has 2 aromatic carbocycles. The van der Waals surface area contributed by atoms with Crippen LogP contribution < -0.4 is 15.4 Å². The maximum absolute atomic E-state index is 12.7. The molecule has 0 saturated carbocycles. The van der Waals surface area contributed by atoms with Crippen molar-refractivity contribution in [3.8, 4) is 5.75 Å². The molecule has 28 heavy (non-hydrogen) atoms. The molecular formula is C22H27N3O3.